The smallest absolute Gasteiger partial charge is 0.271 e. The molecule has 1 aliphatic rings. The summed E-state index contributed by atoms with van der Waals surface area (Å²) in [5, 5.41) is 18.8. The normalized spacial score (nSPS) is 13.9. The first-order valence-electron chi connectivity index (χ1n) is 10.5. The van der Waals surface area contributed by atoms with Crippen LogP contribution in [-0.4, -0.2) is 48.3 Å². The number of carbonyl (C=O) groups excluding carboxylic acids is 2. The number of aromatic nitrogens is 5. The Kier molecular flexibility index (Phi) is 6.45. The average molecular weight is 455 g/mol. The third kappa shape index (κ3) is 4.77. The minimum atomic E-state index is -0.271. The first-order valence-corrected chi connectivity index (χ1v) is 11.5. The molecule has 2 amide bonds. The van der Waals surface area contributed by atoms with Gasteiger partial charge in [0.15, 0.2) is 0 Å². The molecule has 0 saturated heterocycles. The molecular weight excluding hydrogens is 428 g/mol. The number of hydrogen-bond acceptors (Lipinski definition) is 7. The molecule has 168 valence electrons. The number of nitrogens with one attached hydrogen (secondary N) is 2. The molecule has 2 aromatic heterocycles. The molecule has 1 saturated carbocycles. The Labute approximate surface area is 189 Å². The molecule has 32 heavy (non-hydrogen) atoms. The van der Waals surface area contributed by atoms with Gasteiger partial charge in [-0.3, -0.25) is 9.59 Å². The number of rotatable bonds is 7. The fourth-order valence-corrected chi connectivity index (χ4v) is 4.44. The van der Waals surface area contributed by atoms with Crippen molar-refractivity contribution >= 4 is 29.3 Å². The lowest BCUT2D eigenvalue weighted by Gasteiger charge is -2.15. The van der Waals surface area contributed by atoms with Crippen LogP contribution < -0.4 is 16.5 Å². The van der Waals surface area contributed by atoms with Crippen LogP contribution in [0.3, 0.4) is 0 Å². The minimum Gasteiger partial charge on any atom is -0.349 e. The van der Waals surface area contributed by atoms with Crippen LogP contribution in [0.15, 0.2) is 35.5 Å². The number of nitrogen functional groups attached to an aromatic ring is 1. The maximum absolute atomic E-state index is 12.7. The zero-order valence-corrected chi connectivity index (χ0v) is 18.9. The second-order valence-electron chi connectivity index (χ2n) is 7.83. The van der Waals surface area contributed by atoms with Crippen molar-refractivity contribution in [2.75, 3.05) is 16.9 Å². The number of anilines is 1. The minimum absolute atomic E-state index is 0.0605. The van der Waals surface area contributed by atoms with E-state index >= 15 is 0 Å². The number of nitrogens with zero attached hydrogens (tertiary/aromatic N) is 5. The highest BCUT2D eigenvalue weighted by atomic mass is 32.2. The topological polar surface area (TPSA) is 133 Å². The zero-order valence-electron chi connectivity index (χ0n) is 18.0. The molecule has 3 aromatic rings. The predicted octanol–water partition coefficient (Wildman–Crippen LogP) is 2.20. The summed E-state index contributed by atoms with van der Waals surface area (Å²) in [6, 6.07) is 9.12. The van der Waals surface area contributed by atoms with Crippen LogP contribution in [0.25, 0.3) is 5.95 Å². The van der Waals surface area contributed by atoms with Gasteiger partial charge >= 0.3 is 0 Å². The summed E-state index contributed by atoms with van der Waals surface area (Å²) in [7, 11) is 0. The predicted molar refractivity (Wildman–Crippen MR) is 122 cm³/mol. The van der Waals surface area contributed by atoms with Gasteiger partial charge in [0, 0.05) is 11.7 Å². The van der Waals surface area contributed by atoms with Crippen molar-refractivity contribution in [1.82, 2.24) is 30.0 Å². The van der Waals surface area contributed by atoms with Gasteiger partial charge in [-0.25, -0.2) is 9.36 Å². The molecule has 0 unspecified atom stereocenters. The number of carbonyl (C=O) groups is 2. The van der Waals surface area contributed by atoms with Crippen LogP contribution in [0.5, 0.6) is 0 Å². The Morgan fingerprint density at radius 2 is 1.94 bits per heavy atom. The molecule has 1 aliphatic carbocycles. The number of para-hydroxylation sites is 1. The number of aryl methyl sites for hydroxylation is 2. The molecule has 4 rings (SSSR count). The van der Waals surface area contributed by atoms with E-state index in [9.17, 15) is 9.59 Å². The Morgan fingerprint density at radius 3 is 2.66 bits per heavy atom. The number of benzene rings is 1. The second kappa shape index (κ2) is 9.43. The molecule has 4 N–H and O–H groups in total. The largest absolute Gasteiger partial charge is 0.349 e. The van der Waals surface area contributed by atoms with Gasteiger partial charge < -0.3 is 16.5 Å². The lowest BCUT2D eigenvalue weighted by molar-refractivity contribution is -0.113. The Morgan fingerprint density at radius 1 is 1.19 bits per heavy atom. The van der Waals surface area contributed by atoms with Crippen LogP contribution in [0, 0.1) is 13.8 Å². The quantitative estimate of drug-likeness (QED) is 0.368. The maximum Gasteiger partial charge on any atom is 0.271 e. The molecule has 2 heterocycles. The summed E-state index contributed by atoms with van der Waals surface area (Å²) >= 11 is 1.15. The van der Waals surface area contributed by atoms with Crippen molar-refractivity contribution in [3.05, 3.63) is 47.3 Å². The van der Waals surface area contributed by atoms with E-state index in [1.807, 2.05) is 19.9 Å². The molecule has 0 atom stereocenters. The fraction of sp³-hybridized carbons (Fsp3) is 0.381. The summed E-state index contributed by atoms with van der Waals surface area (Å²) in [5.74, 6) is 6.11. The monoisotopic (exact) mass is 454 g/mol. The van der Waals surface area contributed by atoms with Crippen molar-refractivity contribution < 1.29 is 9.59 Å². The molecule has 0 bridgehead atoms. The van der Waals surface area contributed by atoms with Gasteiger partial charge in [0.1, 0.15) is 0 Å². The van der Waals surface area contributed by atoms with E-state index in [0.29, 0.717) is 22.4 Å². The summed E-state index contributed by atoms with van der Waals surface area (Å²) in [4.78, 5) is 25.3. The molecule has 0 spiro atoms. The van der Waals surface area contributed by atoms with Gasteiger partial charge in [-0.15, -0.1) is 10.2 Å². The van der Waals surface area contributed by atoms with Gasteiger partial charge in [-0.2, -0.15) is 5.10 Å². The average Bonchev–Trinajstić information content (AvgIpc) is 3.48. The van der Waals surface area contributed by atoms with E-state index in [4.69, 9.17) is 5.84 Å². The Balaban J connectivity index is 1.39. The van der Waals surface area contributed by atoms with Gasteiger partial charge in [-0.05, 0) is 44.9 Å². The van der Waals surface area contributed by atoms with Crippen molar-refractivity contribution in [3.63, 3.8) is 0 Å². The van der Waals surface area contributed by atoms with E-state index in [0.717, 1.165) is 48.8 Å². The summed E-state index contributed by atoms with van der Waals surface area (Å²) in [6.07, 6.45) is 4.26. The van der Waals surface area contributed by atoms with E-state index in [-0.39, 0.29) is 23.6 Å². The van der Waals surface area contributed by atoms with Crippen LogP contribution in [-0.2, 0) is 4.79 Å². The van der Waals surface area contributed by atoms with Gasteiger partial charge in [0.25, 0.3) is 11.9 Å². The molecule has 0 aliphatic heterocycles. The Hall–Kier alpha value is -3.34. The lowest BCUT2D eigenvalue weighted by atomic mass is 10.1. The van der Waals surface area contributed by atoms with Crippen molar-refractivity contribution in [1.29, 1.82) is 0 Å². The van der Waals surface area contributed by atoms with E-state index < -0.39 is 0 Å². The molecular formula is C21H26N8O2S. The van der Waals surface area contributed by atoms with Crippen molar-refractivity contribution in [2.45, 2.75) is 50.7 Å². The third-order valence-electron chi connectivity index (χ3n) is 5.31. The summed E-state index contributed by atoms with van der Waals surface area (Å²) in [6.45, 7) is 3.78. The summed E-state index contributed by atoms with van der Waals surface area (Å²) in [5.41, 5.74) is 2.65. The standard InChI is InChI=1S/C21H26N8O2S/c1-13-11-14(2)29(27-13)20-25-26-21(28(20)22)32-12-18(30)24-17-10-6-5-9-16(17)19(31)23-15-7-3-4-8-15/h5-6,9-11,15H,3-4,7-8,12,22H2,1-2H3,(H,23,31)(H,24,30). The number of hydrogen-bond donors (Lipinski definition) is 3. The van der Waals surface area contributed by atoms with Gasteiger partial charge in [0.2, 0.25) is 11.1 Å². The van der Waals surface area contributed by atoms with Crippen LogP contribution in [0.4, 0.5) is 5.69 Å². The molecule has 1 fully saturated rings. The van der Waals surface area contributed by atoms with Crippen molar-refractivity contribution in [2.24, 2.45) is 0 Å². The number of thioether (sulfide) groups is 1. The lowest BCUT2D eigenvalue weighted by Crippen LogP contribution is -2.33. The molecule has 0 radical (unpaired) electrons. The molecule has 10 nitrogen and oxygen atoms in total. The number of nitrogens with two attached hydrogens (primary N) is 1. The Bertz CT molecular complexity index is 1130. The van der Waals surface area contributed by atoms with E-state index in [2.05, 4.69) is 25.9 Å². The second-order valence-corrected chi connectivity index (χ2v) is 8.77. The first-order chi connectivity index (χ1) is 15.4. The van der Waals surface area contributed by atoms with Crippen LogP contribution in [0.2, 0.25) is 0 Å². The first kappa shape index (κ1) is 21.9. The number of amides is 2. The maximum atomic E-state index is 12.7. The highest BCUT2D eigenvalue weighted by Gasteiger charge is 2.21. The SMILES string of the molecule is Cc1cc(C)n(-c2nnc(SCC(=O)Nc3ccccc3C(=O)NC3CCCC3)n2N)n1. The van der Waals surface area contributed by atoms with Crippen LogP contribution >= 0.6 is 11.8 Å². The molecule has 11 heteroatoms. The van der Waals surface area contributed by atoms with Crippen molar-refractivity contribution in [3.8, 4) is 5.95 Å². The molecule has 1 aromatic carbocycles. The van der Waals surface area contributed by atoms with Gasteiger partial charge in [-0.1, -0.05) is 36.7 Å². The third-order valence-corrected chi connectivity index (χ3v) is 6.26. The summed E-state index contributed by atoms with van der Waals surface area (Å²) < 4.78 is 2.91. The van der Waals surface area contributed by atoms with Crippen LogP contribution in [0.1, 0.15) is 47.4 Å². The van der Waals surface area contributed by atoms with E-state index in [1.54, 1.807) is 28.9 Å². The highest BCUT2D eigenvalue weighted by Crippen LogP contribution is 2.22. The highest BCUT2D eigenvalue weighted by molar-refractivity contribution is 7.99. The van der Waals surface area contributed by atoms with E-state index in [1.165, 1.54) is 4.68 Å². The fourth-order valence-electron chi connectivity index (χ4n) is 3.78. The zero-order chi connectivity index (χ0) is 22.7. The van der Waals surface area contributed by atoms with Gasteiger partial charge in [0.05, 0.1) is 22.7 Å².